The van der Waals surface area contributed by atoms with Crippen LogP contribution >= 0.6 is 15.9 Å². The van der Waals surface area contributed by atoms with Crippen molar-refractivity contribution in [2.75, 3.05) is 11.9 Å². The first-order valence-electron chi connectivity index (χ1n) is 6.68. The van der Waals surface area contributed by atoms with Crippen LogP contribution in [-0.2, 0) is 11.3 Å². The predicted molar refractivity (Wildman–Crippen MR) is 79.5 cm³/mol. The molecule has 0 aromatic heterocycles. The van der Waals surface area contributed by atoms with Crippen molar-refractivity contribution in [3.8, 4) is 5.75 Å². The van der Waals surface area contributed by atoms with Crippen molar-refractivity contribution in [2.24, 2.45) is 5.92 Å². The highest BCUT2D eigenvalue weighted by Crippen LogP contribution is 2.23. The summed E-state index contributed by atoms with van der Waals surface area (Å²) in [7, 11) is 0. The van der Waals surface area contributed by atoms with Gasteiger partial charge in [-0.3, -0.25) is 4.79 Å². The zero-order valence-electron chi connectivity index (χ0n) is 11.4. The van der Waals surface area contributed by atoms with Gasteiger partial charge in [0.2, 0.25) is 5.91 Å². The van der Waals surface area contributed by atoms with Crippen molar-refractivity contribution < 1.29 is 9.53 Å². The quantitative estimate of drug-likeness (QED) is 0.778. The Balaban J connectivity index is 2.01. The normalized spacial score (nSPS) is 19.3. The van der Waals surface area contributed by atoms with E-state index in [0.717, 1.165) is 23.2 Å². The first-order valence-corrected chi connectivity index (χ1v) is 7.80. The SMILES string of the molecule is CC(C)Oc1cccc(CN2CC(CBr)CC2=O)c1. The zero-order chi connectivity index (χ0) is 13.8. The predicted octanol–water partition coefficient (Wildman–Crippen LogP) is 3.22. The minimum absolute atomic E-state index is 0.168. The Hall–Kier alpha value is -1.03. The van der Waals surface area contributed by atoms with Gasteiger partial charge in [0.15, 0.2) is 0 Å². The third-order valence-electron chi connectivity index (χ3n) is 3.16. The molecule has 0 aliphatic carbocycles. The molecule has 1 aromatic rings. The molecule has 1 aliphatic rings. The lowest BCUT2D eigenvalue weighted by Gasteiger charge is -2.17. The second-order valence-electron chi connectivity index (χ2n) is 5.31. The Labute approximate surface area is 123 Å². The Morgan fingerprint density at radius 1 is 1.47 bits per heavy atom. The Kier molecular flexibility index (Phi) is 4.86. The van der Waals surface area contributed by atoms with E-state index in [4.69, 9.17) is 4.74 Å². The molecule has 1 amide bonds. The van der Waals surface area contributed by atoms with Crippen molar-refractivity contribution in [2.45, 2.75) is 32.9 Å². The lowest BCUT2D eigenvalue weighted by atomic mass is 10.1. The van der Waals surface area contributed by atoms with E-state index in [0.29, 0.717) is 18.9 Å². The van der Waals surface area contributed by atoms with Gasteiger partial charge in [0, 0.05) is 24.8 Å². The number of benzene rings is 1. The molecule has 1 aliphatic heterocycles. The van der Waals surface area contributed by atoms with Gasteiger partial charge in [-0.25, -0.2) is 0 Å². The Bertz CT molecular complexity index is 448. The van der Waals surface area contributed by atoms with E-state index in [1.165, 1.54) is 0 Å². The molecule has 4 heteroatoms. The molecule has 0 spiro atoms. The smallest absolute Gasteiger partial charge is 0.223 e. The summed E-state index contributed by atoms with van der Waals surface area (Å²) >= 11 is 3.46. The molecular weight excluding hydrogens is 306 g/mol. The van der Waals surface area contributed by atoms with Gasteiger partial charge in [-0.15, -0.1) is 0 Å². The summed E-state index contributed by atoms with van der Waals surface area (Å²) in [6.45, 7) is 5.55. The first-order chi connectivity index (χ1) is 9.08. The number of ether oxygens (including phenoxy) is 1. The molecule has 0 radical (unpaired) electrons. The van der Waals surface area contributed by atoms with Crippen LogP contribution in [0.3, 0.4) is 0 Å². The summed E-state index contributed by atoms with van der Waals surface area (Å²) < 4.78 is 5.68. The molecule has 104 valence electrons. The Morgan fingerprint density at radius 3 is 2.89 bits per heavy atom. The van der Waals surface area contributed by atoms with Crippen LogP contribution in [0.1, 0.15) is 25.8 Å². The van der Waals surface area contributed by atoms with Gasteiger partial charge in [-0.2, -0.15) is 0 Å². The fraction of sp³-hybridized carbons (Fsp3) is 0.533. The molecule has 0 saturated carbocycles. The summed E-state index contributed by atoms with van der Waals surface area (Å²) in [6, 6.07) is 8.00. The monoisotopic (exact) mass is 325 g/mol. The zero-order valence-corrected chi connectivity index (χ0v) is 13.0. The fourth-order valence-electron chi connectivity index (χ4n) is 2.32. The summed E-state index contributed by atoms with van der Waals surface area (Å²) in [4.78, 5) is 13.8. The highest BCUT2D eigenvalue weighted by atomic mass is 79.9. The number of hydrogen-bond acceptors (Lipinski definition) is 2. The van der Waals surface area contributed by atoms with E-state index in [1.807, 2.05) is 43.0 Å². The van der Waals surface area contributed by atoms with Crippen LogP contribution in [0.5, 0.6) is 5.75 Å². The van der Waals surface area contributed by atoms with E-state index < -0.39 is 0 Å². The molecule has 0 N–H and O–H groups in total. The van der Waals surface area contributed by atoms with Crippen molar-refractivity contribution in [3.05, 3.63) is 29.8 Å². The minimum atomic E-state index is 0.168. The van der Waals surface area contributed by atoms with Crippen LogP contribution in [0.4, 0.5) is 0 Å². The summed E-state index contributed by atoms with van der Waals surface area (Å²) in [6.07, 6.45) is 0.828. The van der Waals surface area contributed by atoms with Gasteiger partial charge in [-0.1, -0.05) is 28.1 Å². The maximum atomic E-state index is 11.9. The molecule has 2 rings (SSSR count). The van der Waals surface area contributed by atoms with Crippen LogP contribution in [0.15, 0.2) is 24.3 Å². The third kappa shape index (κ3) is 3.96. The number of alkyl halides is 1. The van der Waals surface area contributed by atoms with E-state index >= 15 is 0 Å². The first kappa shape index (κ1) is 14.4. The van der Waals surface area contributed by atoms with Gasteiger partial charge >= 0.3 is 0 Å². The molecule has 1 aromatic carbocycles. The van der Waals surface area contributed by atoms with Crippen LogP contribution < -0.4 is 4.74 Å². The number of halogens is 1. The minimum Gasteiger partial charge on any atom is -0.491 e. The number of amides is 1. The van der Waals surface area contributed by atoms with Crippen LogP contribution in [0.2, 0.25) is 0 Å². The summed E-state index contributed by atoms with van der Waals surface area (Å²) in [5.41, 5.74) is 1.13. The van der Waals surface area contributed by atoms with Crippen molar-refractivity contribution in [3.63, 3.8) is 0 Å². The molecule has 1 atom stereocenters. The van der Waals surface area contributed by atoms with Crippen molar-refractivity contribution >= 4 is 21.8 Å². The van der Waals surface area contributed by atoms with Crippen LogP contribution in [0, 0.1) is 5.92 Å². The lowest BCUT2D eigenvalue weighted by Crippen LogP contribution is -2.24. The topological polar surface area (TPSA) is 29.5 Å². The number of carbonyl (C=O) groups excluding carboxylic acids is 1. The third-order valence-corrected chi connectivity index (χ3v) is 4.07. The van der Waals surface area contributed by atoms with E-state index in [2.05, 4.69) is 15.9 Å². The summed E-state index contributed by atoms with van der Waals surface area (Å²) in [5, 5.41) is 0.895. The Morgan fingerprint density at radius 2 is 2.26 bits per heavy atom. The number of hydrogen-bond donors (Lipinski definition) is 0. The largest absolute Gasteiger partial charge is 0.491 e. The van der Waals surface area contributed by atoms with Gasteiger partial charge in [0.05, 0.1) is 6.10 Å². The molecule has 1 heterocycles. The van der Waals surface area contributed by atoms with Crippen molar-refractivity contribution in [1.82, 2.24) is 4.90 Å². The second-order valence-corrected chi connectivity index (χ2v) is 5.96. The highest BCUT2D eigenvalue weighted by Gasteiger charge is 2.28. The van der Waals surface area contributed by atoms with Crippen LogP contribution in [-0.4, -0.2) is 28.8 Å². The molecule has 1 fully saturated rings. The van der Waals surface area contributed by atoms with Gasteiger partial charge in [-0.05, 0) is 37.5 Å². The number of carbonyl (C=O) groups is 1. The molecule has 3 nitrogen and oxygen atoms in total. The standard InChI is InChI=1S/C15H20BrNO2/c1-11(2)19-14-5-3-4-12(6-14)9-17-10-13(8-16)7-15(17)18/h3-6,11,13H,7-10H2,1-2H3. The van der Waals surface area contributed by atoms with Gasteiger partial charge < -0.3 is 9.64 Å². The fourth-order valence-corrected chi connectivity index (χ4v) is 2.75. The van der Waals surface area contributed by atoms with Crippen molar-refractivity contribution in [1.29, 1.82) is 0 Å². The average molecular weight is 326 g/mol. The molecule has 19 heavy (non-hydrogen) atoms. The molecule has 1 unspecified atom stereocenters. The van der Waals surface area contributed by atoms with Gasteiger partial charge in [0.25, 0.3) is 0 Å². The number of nitrogens with zero attached hydrogens (tertiary/aromatic N) is 1. The van der Waals surface area contributed by atoms with E-state index in [-0.39, 0.29) is 12.0 Å². The number of rotatable bonds is 5. The average Bonchev–Trinajstić information content (AvgIpc) is 2.70. The maximum Gasteiger partial charge on any atom is 0.223 e. The lowest BCUT2D eigenvalue weighted by molar-refractivity contribution is -0.128. The molecule has 1 saturated heterocycles. The summed E-state index contributed by atoms with van der Waals surface area (Å²) in [5.74, 6) is 1.57. The van der Waals surface area contributed by atoms with E-state index in [1.54, 1.807) is 0 Å². The second kappa shape index (κ2) is 6.42. The maximum absolute atomic E-state index is 11.9. The highest BCUT2D eigenvalue weighted by molar-refractivity contribution is 9.09. The number of likely N-dealkylation sites (tertiary alicyclic amines) is 1. The molecule has 0 bridgehead atoms. The van der Waals surface area contributed by atoms with E-state index in [9.17, 15) is 4.79 Å². The molecular formula is C15H20BrNO2. The van der Waals surface area contributed by atoms with Gasteiger partial charge in [0.1, 0.15) is 5.75 Å². The van der Waals surface area contributed by atoms with Crippen LogP contribution in [0.25, 0.3) is 0 Å².